The second-order valence-electron chi connectivity index (χ2n) is 5.46. The van der Waals surface area contributed by atoms with E-state index in [0.29, 0.717) is 22.8 Å². The number of para-hydroxylation sites is 1. The molecule has 0 spiro atoms. The molecule has 0 saturated heterocycles. The highest BCUT2D eigenvalue weighted by Crippen LogP contribution is 2.33. The Morgan fingerprint density at radius 1 is 1.23 bits per heavy atom. The van der Waals surface area contributed by atoms with Crippen molar-refractivity contribution >= 4 is 40.4 Å². The van der Waals surface area contributed by atoms with Crippen LogP contribution in [0.25, 0.3) is 5.65 Å². The summed E-state index contributed by atoms with van der Waals surface area (Å²) in [6.07, 6.45) is -3.45. The number of nitrogens with one attached hydrogen (secondary N) is 1. The van der Waals surface area contributed by atoms with E-state index in [9.17, 15) is 18.0 Å². The minimum atomic E-state index is -4.61. The third kappa shape index (κ3) is 3.37. The molecular weight excluding hydrogens is 390 g/mol. The topological polar surface area (TPSA) is 46.4 Å². The number of nitrogens with zero attached hydrogens (tertiary/aromatic N) is 2. The van der Waals surface area contributed by atoms with Crippen LogP contribution in [0.2, 0.25) is 10.0 Å². The Morgan fingerprint density at radius 2 is 1.92 bits per heavy atom. The molecule has 0 aliphatic rings. The van der Waals surface area contributed by atoms with Crippen LogP contribution in [0.5, 0.6) is 0 Å². The highest BCUT2D eigenvalue weighted by molar-refractivity contribution is 6.34. The number of imidazole rings is 1. The van der Waals surface area contributed by atoms with Crippen LogP contribution in [0.1, 0.15) is 28.7 Å². The van der Waals surface area contributed by atoms with Crippen LogP contribution >= 0.6 is 23.2 Å². The van der Waals surface area contributed by atoms with Crippen molar-refractivity contribution in [3.05, 3.63) is 63.5 Å². The molecule has 0 fully saturated rings. The van der Waals surface area contributed by atoms with Crippen molar-refractivity contribution in [1.29, 1.82) is 0 Å². The van der Waals surface area contributed by atoms with Gasteiger partial charge in [0.2, 0.25) is 0 Å². The molecule has 2 heterocycles. The zero-order valence-electron chi connectivity index (χ0n) is 13.4. The number of hydrogen-bond acceptors (Lipinski definition) is 2. The van der Waals surface area contributed by atoms with E-state index >= 15 is 0 Å². The molecule has 1 aromatic carbocycles. The predicted molar refractivity (Wildman–Crippen MR) is 94.0 cm³/mol. The molecule has 3 aromatic rings. The van der Waals surface area contributed by atoms with Gasteiger partial charge in [-0.05, 0) is 24.6 Å². The Morgan fingerprint density at radius 3 is 2.54 bits per heavy atom. The number of aryl methyl sites for hydroxylation is 1. The van der Waals surface area contributed by atoms with Gasteiger partial charge < -0.3 is 5.32 Å². The van der Waals surface area contributed by atoms with Crippen molar-refractivity contribution in [2.45, 2.75) is 19.5 Å². The Hall–Kier alpha value is -2.25. The minimum absolute atomic E-state index is 0.0181. The molecule has 0 saturated carbocycles. The third-order valence-electron chi connectivity index (χ3n) is 3.75. The monoisotopic (exact) mass is 401 g/mol. The van der Waals surface area contributed by atoms with Gasteiger partial charge in [-0.25, -0.2) is 4.98 Å². The zero-order chi connectivity index (χ0) is 19.1. The van der Waals surface area contributed by atoms with Crippen LogP contribution < -0.4 is 5.32 Å². The number of pyridine rings is 1. The van der Waals surface area contributed by atoms with E-state index in [0.717, 1.165) is 16.7 Å². The summed E-state index contributed by atoms with van der Waals surface area (Å²) in [4.78, 5) is 16.9. The molecule has 0 aliphatic carbocycles. The average Bonchev–Trinajstić information content (AvgIpc) is 2.95. The standard InChI is InChI=1S/C17H12Cl2F3N3O/c1-2-12-14(16(26)24-13-6-4-3-5-10(13)18)25-8-9(17(20,21)22)7-11(19)15(25)23-12/h3-8H,2H2,1H3,(H,24,26). The molecule has 0 aliphatic heterocycles. The van der Waals surface area contributed by atoms with Gasteiger partial charge in [-0.2, -0.15) is 13.2 Å². The summed E-state index contributed by atoms with van der Waals surface area (Å²) in [7, 11) is 0. The van der Waals surface area contributed by atoms with Gasteiger partial charge in [-0.15, -0.1) is 0 Å². The first kappa shape index (κ1) is 18.5. The molecule has 26 heavy (non-hydrogen) atoms. The van der Waals surface area contributed by atoms with Crippen molar-refractivity contribution in [3.63, 3.8) is 0 Å². The Balaban J connectivity index is 2.16. The zero-order valence-corrected chi connectivity index (χ0v) is 14.9. The summed E-state index contributed by atoms with van der Waals surface area (Å²) in [5, 5.41) is 2.72. The molecule has 3 rings (SSSR count). The van der Waals surface area contributed by atoms with E-state index in [1.807, 2.05) is 0 Å². The molecule has 9 heteroatoms. The van der Waals surface area contributed by atoms with Gasteiger partial charge in [0.05, 0.1) is 27.0 Å². The van der Waals surface area contributed by atoms with Crippen LogP contribution in [0.4, 0.5) is 18.9 Å². The first-order valence-electron chi connectivity index (χ1n) is 7.56. The lowest BCUT2D eigenvalue weighted by atomic mass is 10.2. The van der Waals surface area contributed by atoms with E-state index in [1.54, 1.807) is 31.2 Å². The minimum Gasteiger partial charge on any atom is -0.319 e. The van der Waals surface area contributed by atoms with Crippen LogP contribution in [0.3, 0.4) is 0 Å². The van der Waals surface area contributed by atoms with Crippen LogP contribution in [-0.2, 0) is 12.6 Å². The van der Waals surface area contributed by atoms with Gasteiger partial charge in [0.15, 0.2) is 5.65 Å². The predicted octanol–water partition coefficient (Wildman–Crippen LogP) is 5.47. The molecule has 4 nitrogen and oxygen atoms in total. The summed E-state index contributed by atoms with van der Waals surface area (Å²) in [6, 6.07) is 7.34. The number of carbonyl (C=O) groups is 1. The fourth-order valence-electron chi connectivity index (χ4n) is 2.54. The van der Waals surface area contributed by atoms with E-state index in [-0.39, 0.29) is 16.4 Å². The van der Waals surface area contributed by atoms with Gasteiger partial charge in [0, 0.05) is 6.20 Å². The summed E-state index contributed by atoms with van der Waals surface area (Å²) < 4.78 is 40.4. The fraction of sp³-hybridized carbons (Fsp3) is 0.176. The molecular formula is C17H12Cl2F3N3O. The smallest absolute Gasteiger partial charge is 0.319 e. The van der Waals surface area contributed by atoms with E-state index in [2.05, 4.69) is 10.3 Å². The number of aromatic nitrogens is 2. The number of hydrogen-bond donors (Lipinski definition) is 1. The van der Waals surface area contributed by atoms with Crippen molar-refractivity contribution in [2.24, 2.45) is 0 Å². The molecule has 0 atom stereocenters. The molecule has 1 amide bonds. The first-order valence-corrected chi connectivity index (χ1v) is 8.31. The van der Waals surface area contributed by atoms with Gasteiger partial charge in [0.25, 0.3) is 5.91 Å². The summed E-state index contributed by atoms with van der Waals surface area (Å²) in [5.41, 5.74) is -0.233. The number of fused-ring (bicyclic) bond motifs is 1. The lowest BCUT2D eigenvalue weighted by molar-refractivity contribution is -0.137. The molecule has 2 aromatic heterocycles. The van der Waals surface area contributed by atoms with Crippen molar-refractivity contribution in [1.82, 2.24) is 9.38 Å². The van der Waals surface area contributed by atoms with Crippen molar-refractivity contribution < 1.29 is 18.0 Å². The summed E-state index contributed by atoms with van der Waals surface area (Å²) >= 11 is 12.0. The van der Waals surface area contributed by atoms with Crippen LogP contribution in [0, 0.1) is 0 Å². The second kappa shape index (κ2) is 6.81. The quantitative estimate of drug-likeness (QED) is 0.631. The average molecular weight is 402 g/mol. The van der Waals surface area contributed by atoms with Crippen LogP contribution in [-0.4, -0.2) is 15.3 Å². The van der Waals surface area contributed by atoms with Gasteiger partial charge in [0.1, 0.15) is 5.69 Å². The maximum atomic E-state index is 13.1. The number of carbonyl (C=O) groups excluding carboxylic acids is 1. The molecule has 1 N–H and O–H groups in total. The normalized spacial score (nSPS) is 11.8. The number of rotatable bonds is 3. The van der Waals surface area contributed by atoms with Gasteiger partial charge in [-0.3, -0.25) is 9.20 Å². The Bertz CT molecular complexity index is 999. The molecule has 0 bridgehead atoms. The van der Waals surface area contributed by atoms with Crippen molar-refractivity contribution in [2.75, 3.05) is 5.32 Å². The fourth-order valence-corrected chi connectivity index (χ4v) is 2.97. The maximum Gasteiger partial charge on any atom is 0.417 e. The van der Waals surface area contributed by atoms with E-state index in [1.165, 1.54) is 0 Å². The largest absolute Gasteiger partial charge is 0.417 e. The molecule has 0 radical (unpaired) electrons. The van der Waals surface area contributed by atoms with Gasteiger partial charge >= 0.3 is 6.18 Å². The van der Waals surface area contributed by atoms with E-state index in [4.69, 9.17) is 23.2 Å². The Kier molecular flexibility index (Phi) is 4.86. The number of alkyl halides is 3. The Labute approximate surface area is 156 Å². The number of amides is 1. The molecule has 0 unspecified atom stereocenters. The summed E-state index contributed by atoms with van der Waals surface area (Å²) in [6.45, 7) is 1.74. The maximum absolute atomic E-state index is 13.1. The first-order chi connectivity index (χ1) is 12.2. The lowest BCUT2D eigenvalue weighted by Crippen LogP contribution is -2.17. The van der Waals surface area contributed by atoms with Crippen LogP contribution in [0.15, 0.2) is 36.5 Å². The van der Waals surface area contributed by atoms with E-state index < -0.39 is 17.6 Å². The lowest BCUT2D eigenvalue weighted by Gasteiger charge is -2.11. The molecule has 136 valence electrons. The number of anilines is 1. The SMILES string of the molecule is CCc1nc2c(Cl)cc(C(F)(F)F)cn2c1C(=O)Nc1ccccc1Cl. The third-order valence-corrected chi connectivity index (χ3v) is 4.35. The van der Waals surface area contributed by atoms with Crippen molar-refractivity contribution in [3.8, 4) is 0 Å². The second-order valence-corrected chi connectivity index (χ2v) is 6.28. The summed E-state index contributed by atoms with van der Waals surface area (Å²) in [5.74, 6) is -0.627. The van der Waals surface area contributed by atoms with Gasteiger partial charge in [-0.1, -0.05) is 42.3 Å². The highest BCUT2D eigenvalue weighted by Gasteiger charge is 2.33. The highest BCUT2D eigenvalue weighted by atomic mass is 35.5. The number of halogens is 5. The number of benzene rings is 1.